The van der Waals surface area contributed by atoms with Gasteiger partial charge in [0.1, 0.15) is 5.75 Å². The van der Waals surface area contributed by atoms with Gasteiger partial charge < -0.3 is 10.5 Å². The van der Waals surface area contributed by atoms with Crippen LogP contribution in [0.4, 0.5) is 8.78 Å². The molecule has 0 bridgehead atoms. The van der Waals surface area contributed by atoms with Crippen molar-refractivity contribution < 1.29 is 18.3 Å². The first-order valence-electron chi connectivity index (χ1n) is 8.23. The number of hydrogen-bond acceptors (Lipinski definition) is 4. The first kappa shape index (κ1) is 19.1. The molecular weight excluding hydrogens is 376 g/mol. The molecule has 2 aromatic rings. The lowest BCUT2D eigenvalue weighted by molar-refractivity contribution is -0.129. The molecule has 0 aliphatic carbocycles. The molecule has 0 radical (unpaired) electrons. The number of ether oxygens (including phenoxy) is 1. The van der Waals surface area contributed by atoms with Gasteiger partial charge in [-0.1, -0.05) is 36.4 Å². The molecular formula is C19H18ClF2N3O2. The predicted octanol–water partition coefficient (Wildman–Crippen LogP) is 3.10. The molecule has 0 fully saturated rings. The second-order valence-corrected chi connectivity index (χ2v) is 6.43. The zero-order valence-electron chi connectivity index (χ0n) is 14.5. The van der Waals surface area contributed by atoms with Gasteiger partial charge in [0.05, 0.1) is 0 Å². The average molecular weight is 394 g/mol. The molecule has 0 spiro atoms. The van der Waals surface area contributed by atoms with Crippen LogP contribution in [-0.4, -0.2) is 36.3 Å². The molecule has 1 atom stereocenters. The molecule has 1 aliphatic heterocycles. The number of hydrogen-bond donors (Lipinski definition) is 1. The molecule has 5 nitrogen and oxygen atoms in total. The van der Waals surface area contributed by atoms with Gasteiger partial charge in [-0.3, -0.25) is 9.69 Å². The maximum Gasteiger partial charge on any atom is 0.387 e. The van der Waals surface area contributed by atoms with E-state index < -0.39 is 12.2 Å². The minimum Gasteiger partial charge on any atom is -0.435 e. The van der Waals surface area contributed by atoms with Crippen LogP contribution in [0.25, 0.3) is 0 Å². The van der Waals surface area contributed by atoms with E-state index >= 15 is 0 Å². The van der Waals surface area contributed by atoms with E-state index in [9.17, 15) is 13.6 Å². The van der Waals surface area contributed by atoms with Crippen LogP contribution in [0.3, 0.4) is 0 Å². The van der Waals surface area contributed by atoms with E-state index in [-0.39, 0.29) is 23.5 Å². The molecule has 27 heavy (non-hydrogen) atoms. The van der Waals surface area contributed by atoms with Crippen molar-refractivity contribution in [2.75, 3.05) is 12.9 Å². The van der Waals surface area contributed by atoms with Crippen LogP contribution < -0.4 is 10.5 Å². The molecule has 0 saturated heterocycles. The largest absolute Gasteiger partial charge is 0.435 e. The monoisotopic (exact) mass is 393 g/mol. The maximum absolute atomic E-state index is 13.1. The van der Waals surface area contributed by atoms with Gasteiger partial charge in [-0.15, -0.1) is 11.6 Å². The highest BCUT2D eigenvalue weighted by molar-refractivity contribution is 6.18. The van der Waals surface area contributed by atoms with Crippen LogP contribution in [-0.2, 0) is 16.8 Å². The van der Waals surface area contributed by atoms with Crippen molar-refractivity contribution in [1.29, 1.82) is 0 Å². The fourth-order valence-electron chi connectivity index (χ4n) is 3.18. The Bertz CT molecular complexity index is 877. The van der Waals surface area contributed by atoms with E-state index in [2.05, 4.69) is 9.73 Å². The molecule has 1 aliphatic rings. The molecule has 8 heteroatoms. The number of benzene rings is 2. The molecule has 142 valence electrons. The summed E-state index contributed by atoms with van der Waals surface area (Å²) in [7, 11) is 1.54. The highest BCUT2D eigenvalue weighted by Crippen LogP contribution is 2.40. The van der Waals surface area contributed by atoms with Gasteiger partial charge in [-0.05, 0) is 35.2 Å². The van der Waals surface area contributed by atoms with Gasteiger partial charge in [0.2, 0.25) is 0 Å². The van der Waals surface area contributed by atoms with Gasteiger partial charge >= 0.3 is 6.61 Å². The van der Waals surface area contributed by atoms with E-state index in [1.165, 1.54) is 11.0 Å². The molecule has 3 rings (SSSR count). The lowest BCUT2D eigenvalue weighted by atomic mass is 9.82. The van der Waals surface area contributed by atoms with Gasteiger partial charge in [0.25, 0.3) is 5.91 Å². The third-order valence-corrected chi connectivity index (χ3v) is 4.68. The lowest BCUT2D eigenvalue weighted by Gasteiger charge is -2.27. The summed E-state index contributed by atoms with van der Waals surface area (Å²) in [5.41, 5.74) is 6.14. The number of aryl methyl sites for hydroxylation is 1. The topological polar surface area (TPSA) is 67.9 Å². The summed E-state index contributed by atoms with van der Waals surface area (Å²) in [6.07, 6.45) is 0.297. The van der Waals surface area contributed by atoms with Crippen LogP contribution >= 0.6 is 11.6 Å². The Kier molecular flexibility index (Phi) is 5.32. The predicted molar refractivity (Wildman–Crippen MR) is 99.1 cm³/mol. The summed E-state index contributed by atoms with van der Waals surface area (Å²) < 4.78 is 30.0. The number of alkyl halides is 3. The highest BCUT2D eigenvalue weighted by atomic mass is 35.5. The van der Waals surface area contributed by atoms with Gasteiger partial charge in [0.15, 0.2) is 11.5 Å². The van der Waals surface area contributed by atoms with Crippen molar-refractivity contribution in [1.82, 2.24) is 4.90 Å². The van der Waals surface area contributed by atoms with Crippen molar-refractivity contribution in [2.45, 2.75) is 18.6 Å². The SMILES string of the molecule is CN1C(=O)C(c2ccccc2)(c2ccc(OC(F)F)c(CCCl)c2)N=C1N. The van der Waals surface area contributed by atoms with Gasteiger partial charge in [0, 0.05) is 12.9 Å². The van der Waals surface area contributed by atoms with Crippen molar-refractivity contribution >= 4 is 23.5 Å². The van der Waals surface area contributed by atoms with Crippen LogP contribution in [0.5, 0.6) is 5.75 Å². The minimum absolute atomic E-state index is 0.0216. The second-order valence-electron chi connectivity index (χ2n) is 6.05. The Labute approximate surface area is 160 Å². The first-order chi connectivity index (χ1) is 12.9. The molecule has 1 heterocycles. The van der Waals surface area contributed by atoms with E-state index in [0.717, 1.165) is 0 Å². The van der Waals surface area contributed by atoms with E-state index in [4.69, 9.17) is 17.3 Å². The third-order valence-electron chi connectivity index (χ3n) is 4.49. The second kappa shape index (κ2) is 7.52. The molecule has 2 aromatic carbocycles. The van der Waals surface area contributed by atoms with Gasteiger partial charge in [-0.2, -0.15) is 8.78 Å². The summed E-state index contributed by atoms with van der Waals surface area (Å²) in [6.45, 7) is -2.96. The van der Waals surface area contributed by atoms with Crippen LogP contribution in [0.2, 0.25) is 0 Å². The summed E-state index contributed by atoms with van der Waals surface area (Å²) in [5, 5.41) is 0. The average Bonchev–Trinajstić information content (AvgIpc) is 2.89. The summed E-state index contributed by atoms with van der Waals surface area (Å²) in [5.74, 6) is -0.0183. The molecule has 2 N–H and O–H groups in total. The van der Waals surface area contributed by atoms with Gasteiger partial charge in [-0.25, -0.2) is 4.99 Å². The van der Waals surface area contributed by atoms with E-state index in [1.54, 1.807) is 43.4 Å². The van der Waals surface area contributed by atoms with Crippen LogP contribution in [0.15, 0.2) is 53.5 Å². The Morgan fingerprint density at radius 3 is 2.48 bits per heavy atom. The molecule has 1 amide bonds. The van der Waals surface area contributed by atoms with Crippen molar-refractivity contribution in [2.24, 2.45) is 10.7 Å². The van der Waals surface area contributed by atoms with Crippen LogP contribution in [0, 0.1) is 0 Å². The molecule has 0 saturated carbocycles. The van der Waals surface area contributed by atoms with E-state index in [1.807, 2.05) is 6.07 Å². The minimum atomic E-state index is -2.96. The zero-order valence-corrected chi connectivity index (χ0v) is 15.3. The normalized spacial score (nSPS) is 19.5. The van der Waals surface area contributed by atoms with E-state index in [0.29, 0.717) is 23.1 Å². The Balaban J connectivity index is 2.20. The number of guanidine groups is 1. The third kappa shape index (κ3) is 3.35. The number of likely N-dealkylation sites (N-methyl/N-ethyl adjacent to an activating group) is 1. The fourth-order valence-corrected chi connectivity index (χ4v) is 3.38. The fraction of sp³-hybridized carbons (Fsp3) is 0.263. The lowest BCUT2D eigenvalue weighted by Crippen LogP contribution is -2.41. The number of nitrogens with two attached hydrogens (primary N) is 1. The summed E-state index contributed by atoms with van der Waals surface area (Å²) >= 11 is 5.82. The highest BCUT2D eigenvalue weighted by Gasteiger charge is 2.49. The number of carbonyl (C=O) groups is 1. The summed E-state index contributed by atoms with van der Waals surface area (Å²) in [6, 6.07) is 13.6. The van der Waals surface area contributed by atoms with Crippen molar-refractivity contribution in [3.8, 4) is 5.75 Å². The van der Waals surface area contributed by atoms with Crippen LogP contribution in [0.1, 0.15) is 16.7 Å². The molecule has 0 aromatic heterocycles. The Hall–Kier alpha value is -2.67. The number of carbonyl (C=O) groups excluding carboxylic acids is 1. The molecule has 1 unspecified atom stereocenters. The standard InChI is InChI=1S/C19H18ClF2N3O2/c1-25-16(26)19(24-18(25)23,13-5-3-2-4-6-13)14-7-8-15(27-17(21)22)12(11-14)9-10-20/h2-8,11,17H,9-10H2,1H3,(H2,23,24). The quantitative estimate of drug-likeness (QED) is 0.767. The smallest absolute Gasteiger partial charge is 0.387 e. The first-order valence-corrected chi connectivity index (χ1v) is 8.76. The Morgan fingerprint density at radius 2 is 1.93 bits per heavy atom. The number of rotatable bonds is 6. The maximum atomic E-state index is 13.1. The zero-order chi connectivity index (χ0) is 19.6. The Morgan fingerprint density at radius 1 is 1.22 bits per heavy atom. The number of halogens is 3. The van der Waals surface area contributed by atoms with Crippen molar-refractivity contribution in [3.63, 3.8) is 0 Å². The number of amides is 1. The number of aliphatic imine (C=N–C) groups is 1. The summed E-state index contributed by atoms with van der Waals surface area (Å²) in [4.78, 5) is 18.9. The number of nitrogens with zero attached hydrogens (tertiary/aromatic N) is 2. The van der Waals surface area contributed by atoms with Crippen molar-refractivity contribution in [3.05, 3.63) is 65.2 Å².